The predicted molar refractivity (Wildman–Crippen MR) is 87.2 cm³/mol. The number of sulfonamides is 1. The molecule has 1 aliphatic carbocycles. The minimum Gasteiger partial charge on any atom is -0.495 e. The highest BCUT2D eigenvalue weighted by molar-refractivity contribution is 7.89. The molecule has 2 rings (SSSR count). The van der Waals surface area contributed by atoms with Gasteiger partial charge in [0.15, 0.2) is 0 Å². The first-order valence-electron chi connectivity index (χ1n) is 7.67. The molecule has 7 nitrogen and oxygen atoms in total. The van der Waals surface area contributed by atoms with Gasteiger partial charge in [0.05, 0.1) is 7.11 Å². The zero-order valence-corrected chi connectivity index (χ0v) is 14.2. The number of carbonyl (C=O) groups excluding carboxylic acids is 1. The summed E-state index contributed by atoms with van der Waals surface area (Å²) in [7, 11) is -2.29. The first-order chi connectivity index (χ1) is 11.0. The molecule has 1 aliphatic rings. The van der Waals surface area contributed by atoms with Crippen LogP contribution in [0.3, 0.4) is 0 Å². The van der Waals surface area contributed by atoms with Crippen molar-refractivity contribution in [1.82, 2.24) is 15.4 Å². The van der Waals surface area contributed by atoms with E-state index in [1.54, 1.807) is 6.07 Å². The Labute approximate surface area is 136 Å². The van der Waals surface area contributed by atoms with E-state index in [9.17, 15) is 13.2 Å². The average Bonchev–Trinajstić information content (AvgIpc) is 3.34. The lowest BCUT2D eigenvalue weighted by Crippen LogP contribution is -2.32. The minimum absolute atomic E-state index is 0.00812. The molecule has 0 aromatic heterocycles. The summed E-state index contributed by atoms with van der Waals surface area (Å²) in [6.07, 6.45) is 1.68. The Kier molecular flexibility index (Phi) is 5.97. The highest BCUT2D eigenvalue weighted by Crippen LogP contribution is 2.28. The number of amides is 1. The molecule has 1 aromatic carbocycles. The molecule has 0 unspecified atom stereocenters. The van der Waals surface area contributed by atoms with Crippen LogP contribution < -0.4 is 20.1 Å². The van der Waals surface area contributed by atoms with E-state index in [4.69, 9.17) is 4.74 Å². The molecule has 8 heteroatoms. The third-order valence-electron chi connectivity index (χ3n) is 3.45. The molecule has 1 saturated carbocycles. The Morgan fingerprint density at radius 2 is 2.04 bits per heavy atom. The smallest absolute Gasteiger partial charge is 0.251 e. The van der Waals surface area contributed by atoms with E-state index in [1.807, 2.05) is 6.92 Å². The van der Waals surface area contributed by atoms with Crippen LogP contribution in [-0.2, 0) is 10.0 Å². The second-order valence-electron chi connectivity index (χ2n) is 5.37. The monoisotopic (exact) mass is 341 g/mol. The van der Waals surface area contributed by atoms with Gasteiger partial charge in [0, 0.05) is 24.7 Å². The number of likely N-dealkylation sites (N-methyl/N-ethyl adjacent to an activating group) is 1. The molecule has 0 radical (unpaired) electrons. The van der Waals surface area contributed by atoms with Crippen LogP contribution in [-0.4, -0.2) is 47.1 Å². The van der Waals surface area contributed by atoms with E-state index in [0.717, 1.165) is 19.4 Å². The Hall–Kier alpha value is -1.64. The second-order valence-corrected chi connectivity index (χ2v) is 7.05. The summed E-state index contributed by atoms with van der Waals surface area (Å²) < 4.78 is 32.5. The fraction of sp³-hybridized carbons (Fsp3) is 0.533. The van der Waals surface area contributed by atoms with Gasteiger partial charge < -0.3 is 15.4 Å². The van der Waals surface area contributed by atoms with Gasteiger partial charge in [0.25, 0.3) is 5.91 Å². The number of nitrogens with one attached hydrogen (secondary N) is 3. The molecule has 23 heavy (non-hydrogen) atoms. The van der Waals surface area contributed by atoms with Gasteiger partial charge in [-0.3, -0.25) is 4.79 Å². The fourth-order valence-electron chi connectivity index (χ4n) is 2.06. The van der Waals surface area contributed by atoms with E-state index >= 15 is 0 Å². The van der Waals surface area contributed by atoms with Crippen LogP contribution in [0.5, 0.6) is 5.75 Å². The topological polar surface area (TPSA) is 96.5 Å². The summed E-state index contributed by atoms with van der Waals surface area (Å²) >= 11 is 0. The number of hydrogen-bond donors (Lipinski definition) is 3. The number of rotatable bonds is 9. The van der Waals surface area contributed by atoms with Crippen LogP contribution in [0.4, 0.5) is 0 Å². The molecule has 3 N–H and O–H groups in total. The van der Waals surface area contributed by atoms with Crippen molar-refractivity contribution in [2.24, 2.45) is 0 Å². The number of carbonyl (C=O) groups is 1. The van der Waals surface area contributed by atoms with Crippen molar-refractivity contribution < 1.29 is 17.9 Å². The van der Waals surface area contributed by atoms with Crippen molar-refractivity contribution in [1.29, 1.82) is 0 Å². The van der Waals surface area contributed by atoms with Gasteiger partial charge in [0.1, 0.15) is 10.6 Å². The standard InChI is InChI=1S/C15H23N3O4S/c1-3-16-8-9-17-15(19)11-4-7-13(22-2)14(10-11)23(20,21)18-12-5-6-12/h4,7,10,12,16,18H,3,5-6,8-9H2,1-2H3,(H,17,19). The molecule has 0 bridgehead atoms. The van der Waals surface area contributed by atoms with Gasteiger partial charge in [-0.1, -0.05) is 6.92 Å². The van der Waals surface area contributed by atoms with Crippen molar-refractivity contribution in [3.8, 4) is 5.75 Å². The Balaban J connectivity index is 2.16. The molecule has 0 spiro atoms. The van der Waals surface area contributed by atoms with Crippen molar-refractivity contribution in [2.75, 3.05) is 26.7 Å². The van der Waals surface area contributed by atoms with E-state index in [-0.39, 0.29) is 22.6 Å². The molecule has 0 heterocycles. The summed E-state index contributed by atoms with van der Waals surface area (Å²) in [4.78, 5) is 12.1. The third-order valence-corrected chi connectivity index (χ3v) is 4.99. The summed E-state index contributed by atoms with van der Waals surface area (Å²) in [6, 6.07) is 4.40. The number of ether oxygens (including phenoxy) is 1. The first kappa shape index (κ1) is 17.7. The quantitative estimate of drug-likeness (QED) is 0.568. The molecular formula is C15H23N3O4S. The lowest BCUT2D eigenvalue weighted by Gasteiger charge is -2.12. The largest absolute Gasteiger partial charge is 0.495 e. The lowest BCUT2D eigenvalue weighted by atomic mass is 10.2. The van der Waals surface area contributed by atoms with Gasteiger partial charge in [0.2, 0.25) is 10.0 Å². The highest BCUT2D eigenvalue weighted by atomic mass is 32.2. The van der Waals surface area contributed by atoms with Gasteiger partial charge in [-0.15, -0.1) is 0 Å². The highest BCUT2D eigenvalue weighted by Gasteiger charge is 2.30. The van der Waals surface area contributed by atoms with E-state index in [0.29, 0.717) is 18.7 Å². The number of methoxy groups -OCH3 is 1. The molecular weight excluding hydrogens is 318 g/mol. The zero-order valence-electron chi connectivity index (χ0n) is 13.4. The lowest BCUT2D eigenvalue weighted by molar-refractivity contribution is 0.0953. The van der Waals surface area contributed by atoms with Crippen molar-refractivity contribution >= 4 is 15.9 Å². The Bertz CT molecular complexity index is 657. The van der Waals surface area contributed by atoms with Crippen LogP contribution in [0.2, 0.25) is 0 Å². The van der Waals surface area contributed by atoms with Gasteiger partial charge in [-0.2, -0.15) is 0 Å². The van der Waals surface area contributed by atoms with Crippen molar-refractivity contribution in [3.63, 3.8) is 0 Å². The van der Waals surface area contributed by atoms with E-state index in [2.05, 4.69) is 15.4 Å². The van der Waals surface area contributed by atoms with E-state index < -0.39 is 10.0 Å². The molecule has 0 aliphatic heterocycles. The molecule has 0 atom stereocenters. The van der Waals surface area contributed by atoms with Crippen LogP contribution in [0.15, 0.2) is 23.1 Å². The summed E-state index contributed by atoms with van der Waals surface area (Å²) in [5, 5.41) is 5.84. The summed E-state index contributed by atoms with van der Waals surface area (Å²) in [6.45, 7) is 3.94. The van der Waals surface area contributed by atoms with Crippen LogP contribution in [0.25, 0.3) is 0 Å². The molecule has 1 amide bonds. The van der Waals surface area contributed by atoms with Crippen LogP contribution in [0.1, 0.15) is 30.1 Å². The van der Waals surface area contributed by atoms with Crippen LogP contribution in [0, 0.1) is 0 Å². The average molecular weight is 341 g/mol. The Morgan fingerprint density at radius 3 is 2.65 bits per heavy atom. The normalized spacial score (nSPS) is 14.5. The zero-order chi connectivity index (χ0) is 16.9. The molecule has 128 valence electrons. The summed E-state index contributed by atoms with van der Waals surface area (Å²) in [5.41, 5.74) is 0.290. The minimum atomic E-state index is -3.69. The van der Waals surface area contributed by atoms with Gasteiger partial charge in [-0.05, 0) is 37.6 Å². The number of benzene rings is 1. The maximum absolute atomic E-state index is 12.4. The van der Waals surface area contributed by atoms with Gasteiger partial charge in [-0.25, -0.2) is 13.1 Å². The summed E-state index contributed by atoms with van der Waals surface area (Å²) in [5.74, 6) is -0.0872. The second kappa shape index (κ2) is 7.76. The first-order valence-corrected chi connectivity index (χ1v) is 9.15. The Morgan fingerprint density at radius 1 is 1.30 bits per heavy atom. The molecule has 1 aromatic rings. The predicted octanol–water partition coefficient (Wildman–Crippen LogP) is 0.475. The fourth-order valence-corrected chi connectivity index (χ4v) is 3.56. The SMILES string of the molecule is CCNCCNC(=O)c1ccc(OC)c(S(=O)(=O)NC2CC2)c1. The third kappa shape index (κ3) is 4.92. The maximum Gasteiger partial charge on any atom is 0.251 e. The van der Waals surface area contributed by atoms with Gasteiger partial charge >= 0.3 is 0 Å². The molecule has 1 fully saturated rings. The maximum atomic E-state index is 12.4. The van der Waals surface area contributed by atoms with Crippen molar-refractivity contribution in [3.05, 3.63) is 23.8 Å². The number of hydrogen-bond acceptors (Lipinski definition) is 5. The molecule has 0 saturated heterocycles. The van der Waals surface area contributed by atoms with Crippen molar-refractivity contribution in [2.45, 2.75) is 30.7 Å². The van der Waals surface area contributed by atoms with E-state index in [1.165, 1.54) is 19.2 Å². The van der Waals surface area contributed by atoms with Crippen LogP contribution >= 0.6 is 0 Å².